The first-order valence-electron chi connectivity index (χ1n) is 7.09. The molecule has 1 aromatic carbocycles. The van der Waals surface area contributed by atoms with E-state index in [0.717, 1.165) is 24.0 Å². The lowest BCUT2D eigenvalue weighted by atomic mass is 9.97. The summed E-state index contributed by atoms with van der Waals surface area (Å²) in [5.74, 6) is -1.000. The van der Waals surface area contributed by atoms with E-state index in [-0.39, 0.29) is 12.3 Å². The molecule has 0 aromatic heterocycles. The fraction of sp³-hybridized carbons (Fsp3) is 0.500. The second-order valence-electron chi connectivity index (χ2n) is 5.53. The molecule has 0 radical (unpaired) electrons. The molecular formula is C16H21NO3. The Kier molecular flexibility index (Phi) is 4.12. The van der Waals surface area contributed by atoms with Crippen LogP contribution in [0, 0.1) is 0 Å². The molecule has 1 aromatic rings. The van der Waals surface area contributed by atoms with Crippen LogP contribution < -0.4 is 0 Å². The molecule has 0 saturated carbocycles. The first-order valence-corrected chi connectivity index (χ1v) is 7.09. The van der Waals surface area contributed by atoms with Crippen LogP contribution in [-0.2, 0) is 22.4 Å². The second kappa shape index (κ2) is 5.65. The highest BCUT2D eigenvalue weighted by atomic mass is 16.4. The SMILES string of the molecule is CCc1ccccc1CC(=O)N1CCCC1(C)C(=O)O. The third-order valence-corrected chi connectivity index (χ3v) is 4.24. The second-order valence-corrected chi connectivity index (χ2v) is 5.53. The zero-order chi connectivity index (χ0) is 14.8. The van der Waals surface area contributed by atoms with Gasteiger partial charge in [-0.1, -0.05) is 31.2 Å². The van der Waals surface area contributed by atoms with Crippen molar-refractivity contribution in [2.45, 2.75) is 45.1 Å². The molecule has 1 unspecified atom stereocenters. The minimum Gasteiger partial charge on any atom is -0.480 e. The number of aryl methyl sites for hydroxylation is 1. The predicted molar refractivity (Wildman–Crippen MR) is 76.5 cm³/mol. The Morgan fingerprint density at radius 3 is 2.55 bits per heavy atom. The van der Waals surface area contributed by atoms with Gasteiger partial charge in [-0.25, -0.2) is 4.79 Å². The van der Waals surface area contributed by atoms with Gasteiger partial charge in [-0.3, -0.25) is 4.79 Å². The molecule has 1 fully saturated rings. The average molecular weight is 275 g/mol. The standard InChI is InChI=1S/C16H21NO3/c1-3-12-7-4-5-8-13(12)11-14(18)17-10-6-9-16(17,2)15(19)20/h4-5,7-8H,3,6,9-11H2,1-2H3,(H,19,20). The molecule has 4 nitrogen and oxygen atoms in total. The van der Waals surface area contributed by atoms with Crippen LogP contribution in [0.15, 0.2) is 24.3 Å². The topological polar surface area (TPSA) is 57.6 Å². The lowest BCUT2D eigenvalue weighted by Gasteiger charge is -2.31. The van der Waals surface area contributed by atoms with Crippen molar-refractivity contribution in [3.8, 4) is 0 Å². The molecule has 1 aliphatic rings. The Morgan fingerprint density at radius 1 is 1.30 bits per heavy atom. The molecule has 1 saturated heterocycles. The van der Waals surface area contributed by atoms with E-state index in [1.807, 2.05) is 24.3 Å². The summed E-state index contributed by atoms with van der Waals surface area (Å²) in [6.45, 7) is 4.24. The number of hydrogen-bond donors (Lipinski definition) is 1. The molecule has 1 aliphatic heterocycles. The molecule has 2 rings (SSSR count). The first kappa shape index (κ1) is 14.6. The van der Waals surface area contributed by atoms with Crippen molar-refractivity contribution in [3.63, 3.8) is 0 Å². The summed E-state index contributed by atoms with van der Waals surface area (Å²) in [6, 6.07) is 7.85. The average Bonchev–Trinajstić information content (AvgIpc) is 2.83. The van der Waals surface area contributed by atoms with Gasteiger partial charge in [0.25, 0.3) is 0 Å². The van der Waals surface area contributed by atoms with Crippen molar-refractivity contribution in [1.82, 2.24) is 4.90 Å². The number of benzene rings is 1. The number of carbonyl (C=O) groups excluding carboxylic acids is 1. The van der Waals surface area contributed by atoms with Gasteiger partial charge in [0.1, 0.15) is 5.54 Å². The number of carboxylic acids is 1. The van der Waals surface area contributed by atoms with Crippen molar-refractivity contribution < 1.29 is 14.7 Å². The minimum absolute atomic E-state index is 0.0895. The maximum atomic E-state index is 12.5. The maximum absolute atomic E-state index is 12.5. The Labute approximate surface area is 119 Å². The van der Waals surface area contributed by atoms with Crippen molar-refractivity contribution in [1.29, 1.82) is 0 Å². The number of hydrogen-bond acceptors (Lipinski definition) is 2. The van der Waals surface area contributed by atoms with Crippen molar-refractivity contribution in [2.75, 3.05) is 6.54 Å². The van der Waals surface area contributed by atoms with Crippen LogP contribution in [0.5, 0.6) is 0 Å². The molecule has 20 heavy (non-hydrogen) atoms. The van der Waals surface area contributed by atoms with Crippen LogP contribution in [0.2, 0.25) is 0 Å². The van der Waals surface area contributed by atoms with E-state index < -0.39 is 11.5 Å². The van der Waals surface area contributed by atoms with Gasteiger partial charge in [-0.05, 0) is 37.3 Å². The summed E-state index contributed by atoms with van der Waals surface area (Å²) in [5.41, 5.74) is 1.11. The van der Waals surface area contributed by atoms with Gasteiger partial charge in [-0.15, -0.1) is 0 Å². The number of carbonyl (C=O) groups is 2. The van der Waals surface area contributed by atoms with Gasteiger partial charge < -0.3 is 10.0 Å². The fourth-order valence-corrected chi connectivity index (χ4v) is 2.92. The van der Waals surface area contributed by atoms with E-state index in [0.29, 0.717) is 13.0 Å². The Morgan fingerprint density at radius 2 is 1.95 bits per heavy atom. The molecule has 0 spiro atoms. The van der Waals surface area contributed by atoms with Gasteiger partial charge in [0.15, 0.2) is 0 Å². The van der Waals surface area contributed by atoms with Crippen LogP contribution in [-0.4, -0.2) is 34.0 Å². The molecule has 4 heteroatoms. The normalized spacial score (nSPS) is 22.0. The van der Waals surface area contributed by atoms with Crippen LogP contribution in [0.25, 0.3) is 0 Å². The van der Waals surface area contributed by atoms with Crippen molar-refractivity contribution in [3.05, 3.63) is 35.4 Å². The van der Waals surface area contributed by atoms with Gasteiger partial charge in [-0.2, -0.15) is 0 Å². The third kappa shape index (κ3) is 2.55. The van der Waals surface area contributed by atoms with Crippen LogP contribution >= 0.6 is 0 Å². The van der Waals surface area contributed by atoms with E-state index in [1.54, 1.807) is 6.92 Å². The molecule has 1 amide bonds. The number of likely N-dealkylation sites (tertiary alicyclic amines) is 1. The van der Waals surface area contributed by atoms with Crippen molar-refractivity contribution in [2.24, 2.45) is 0 Å². The maximum Gasteiger partial charge on any atom is 0.329 e. The number of carboxylic acid groups (broad SMARTS) is 1. The largest absolute Gasteiger partial charge is 0.480 e. The Balaban J connectivity index is 2.18. The molecule has 0 bridgehead atoms. The highest BCUT2D eigenvalue weighted by Gasteiger charge is 2.45. The van der Waals surface area contributed by atoms with E-state index in [4.69, 9.17) is 0 Å². The Bertz CT molecular complexity index is 526. The van der Waals surface area contributed by atoms with E-state index >= 15 is 0 Å². The van der Waals surface area contributed by atoms with Crippen LogP contribution in [0.1, 0.15) is 37.8 Å². The summed E-state index contributed by atoms with van der Waals surface area (Å²) in [5, 5.41) is 9.36. The highest BCUT2D eigenvalue weighted by molar-refractivity contribution is 5.88. The zero-order valence-electron chi connectivity index (χ0n) is 12.1. The Hall–Kier alpha value is -1.84. The molecule has 0 aliphatic carbocycles. The smallest absolute Gasteiger partial charge is 0.329 e. The molecule has 1 atom stereocenters. The van der Waals surface area contributed by atoms with Crippen molar-refractivity contribution >= 4 is 11.9 Å². The quantitative estimate of drug-likeness (QED) is 0.917. The zero-order valence-corrected chi connectivity index (χ0v) is 12.1. The number of nitrogens with zero attached hydrogens (tertiary/aromatic N) is 1. The number of rotatable bonds is 4. The van der Waals surface area contributed by atoms with Gasteiger partial charge >= 0.3 is 5.97 Å². The van der Waals surface area contributed by atoms with Gasteiger partial charge in [0.2, 0.25) is 5.91 Å². The number of amides is 1. The van der Waals surface area contributed by atoms with Crippen LogP contribution in [0.3, 0.4) is 0 Å². The molecule has 1 N–H and O–H groups in total. The predicted octanol–water partition coefficient (Wildman–Crippen LogP) is 2.26. The molecular weight excluding hydrogens is 254 g/mol. The summed E-state index contributed by atoms with van der Waals surface area (Å²) in [6.07, 6.45) is 2.44. The lowest BCUT2D eigenvalue weighted by molar-refractivity contribution is -0.155. The van der Waals surface area contributed by atoms with Gasteiger partial charge in [0.05, 0.1) is 6.42 Å². The highest BCUT2D eigenvalue weighted by Crippen LogP contribution is 2.30. The summed E-state index contributed by atoms with van der Waals surface area (Å²) >= 11 is 0. The lowest BCUT2D eigenvalue weighted by Crippen LogP contribution is -2.51. The fourth-order valence-electron chi connectivity index (χ4n) is 2.92. The molecule has 108 valence electrons. The summed E-state index contributed by atoms with van der Waals surface area (Å²) in [4.78, 5) is 25.4. The van der Waals surface area contributed by atoms with E-state index in [9.17, 15) is 14.7 Å². The van der Waals surface area contributed by atoms with Gasteiger partial charge in [0, 0.05) is 6.54 Å². The van der Waals surface area contributed by atoms with Crippen LogP contribution in [0.4, 0.5) is 0 Å². The monoisotopic (exact) mass is 275 g/mol. The minimum atomic E-state index is -1.04. The number of aliphatic carboxylic acids is 1. The third-order valence-electron chi connectivity index (χ3n) is 4.24. The molecule has 1 heterocycles. The summed E-state index contributed by atoms with van der Waals surface area (Å²) in [7, 11) is 0. The van der Waals surface area contributed by atoms with E-state index in [2.05, 4.69) is 6.92 Å². The summed E-state index contributed by atoms with van der Waals surface area (Å²) < 4.78 is 0. The first-order chi connectivity index (χ1) is 9.49. The van der Waals surface area contributed by atoms with E-state index in [1.165, 1.54) is 4.90 Å².